The summed E-state index contributed by atoms with van der Waals surface area (Å²) in [6.45, 7) is 6.13. The van der Waals surface area contributed by atoms with E-state index in [1.54, 1.807) is 0 Å². The van der Waals surface area contributed by atoms with Crippen LogP contribution in [-0.4, -0.2) is 30.5 Å². The molecule has 0 aliphatic carbocycles. The lowest BCUT2D eigenvalue weighted by Gasteiger charge is -2.10. The van der Waals surface area contributed by atoms with E-state index in [-0.39, 0.29) is 5.78 Å². The zero-order chi connectivity index (χ0) is 24.1. The molecule has 0 radical (unpaired) electrons. The van der Waals surface area contributed by atoms with E-state index in [0.29, 0.717) is 5.75 Å². The first-order chi connectivity index (χ1) is 17.0. The second-order valence-electron chi connectivity index (χ2n) is 8.84. The minimum absolute atomic E-state index is 0.0917. The Hall–Kier alpha value is -3.90. The Morgan fingerprint density at radius 2 is 1.57 bits per heavy atom. The van der Waals surface area contributed by atoms with Crippen LogP contribution in [-0.2, 0) is 0 Å². The first-order valence-electron chi connectivity index (χ1n) is 11.6. The average molecular weight is 477 g/mol. The van der Waals surface area contributed by atoms with E-state index in [1.165, 1.54) is 17.3 Å². The highest BCUT2D eigenvalue weighted by molar-refractivity contribution is 7.99. The normalized spacial score (nSPS) is 11.6. The highest BCUT2D eigenvalue weighted by Crippen LogP contribution is 2.30. The average Bonchev–Trinajstić information content (AvgIpc) is 3.40. The molecule has 35 heavy (non-hydrogen) atoms. The number of hydrogen-bond acceptors (Lipinski definition) is 4. The third-order valence-electron chi connectivity index (χ3n) is 6.47. The number of thioether (sulfide) groups is 1. The van der Waals surface area contributed by atoms with Gasteiger partial charge in [0.2, 0.25) is 0 Å². The maximum atomic E-state index is 13.4. The van der Waals surface area contributed by atoms with Gasteiger partial charge in [0, 0.05) is 28.0 Å². The Labute approximate surface area is 207 Å². The summed E-state index contributed by atoms with van der Waals surface area (Å²) in [5.74, 6) is 0.388. The predicted molar refractivity (Wildman–Crippen MR) is 143 cm³/mol. The number of rotatable bonds is 5. The Balaban J connectivity index is 1.38. The zero-order valence-electron chi connectivity index (χ0n) is 19.8. The topological polar surface area (TPSA) is 52.2 Å². The Bertz CT molecular complexity index is 1740. The van der Waals surface area contributed by atoms with Crippen molar-refractivity contribution in [1.29, 1.82) is 0 Å². The van der Waals surface area contributed by atoms with Gasteiger partial charge in [-0.3, -0.25) is 9.20 Å². The lowest BCUT2D eigenvalue weighted by Crippen LogP contribution is -2.07. The summed E-state index contributed by atoms with van der Waals surface area (Å²) in [6.07, 6.45) is 0. The fourth-order valence-corrected chi connectivity index (χ4v) is 5.65. The van der Waals surface area contributed by atoms with Crippen molar-refractivity contribution in [2.24, 2.45) is 0 Å². The third kappa shape index (κ3) is 3.61. The standard InChI is InChI=1S/C29H24N4OS/c1-18-12-14-21(15-13-18)32-19(2)16-23(20(32)3)27(34)17-35-29-31-24-9-5-4-8-22(24)28-30-25-10-6-7-11-26(25)33(28)29/h4-16H,17H2,1-3H3. The van der Waals surface area contributed by atoms with Gasteiger partial charge in [0.05, 0.1) is 22.3 Å². The van der Waals surface area contributed by atoms with E-state index < -0.39 is 0 Å². The second-order valence-corrected chi connectivity index (χ2v) is 9.78. The summed E-state index contributed by atoms with van der Waals surface area (Å²) in [4.78, 5) is 23.2. The van der Waals surface area contributed by atoms with Gasteiger partial charge in [-0.2, -0.15) is 0 Å². The number of imidazole rings is 1. The Morgan fingerprint density at radius 3 is 2.37 bits per heavy atom. The van der Waals surface area contributed by atoms with Gasteiger partial charge in [0.25, 0.3) is 0 Å². The van der Waals surface area contributed by atoms with Crippen LogP contribution < -0.4 is 0 Å². The van der Waals surface area contributed by atoms with Crippen LogP contribution in [0.2, 0.25) is 0 Å². The molecule has 0 spiro atoms. The molecule has 0 aliphatic rings. The van der Waals surface area contributed by atoms with Crippen molar-refractivity contribution in [3.63, 3.8) is 0 Å². The molecule has 5 nitrogen and oxygen atoms in total. The highest BCUT2D eigenvalue weighted by Gasteiger charge is 2.19. The van der Waals surface area contributed by atoms with Crippen molar-refractivity contribution in [1.82, 2.24) is 18.9 Å². The Kier molecular flexibility index (Phi) is 5.19. The van der Waals surface area contributed by atoms with Gasteiger partial charge >= 0.3 is 0 Å². The number of benzene rings is 3. The molecule has 0 amide bonds. The van der Waals surface area contributed by atoms with E-state index in [9.17, 15) is 4.79 Å². The van der Waals surface area contributed by atoms with E-state index in [0.717, 1.165) is 55.4 Å². The molecule has 6 heteroatoms. The minimum atomic E-state index is 0.0917. The quantitative estimate of drug-likeness (QED) is 0.157. The summed E-state index contributed by atoms with van der Waals surface area (Å²) in [6, 6.07) is 26.5. The van der Waals surface area contributed by atoms with Crippen molar-refractivity contribution in [2.45, 2.75) is 25.9 Å². The number of ketones is 1. The number of para-hydroxylation sites is 3. The van der Waals surface area contributed by atoms with E-state index in [2.05, 4.69) is 40.2 Å². The molecule has 0 fully saturated rings. The molecule has 172 valence electrons. The molecule has 0 bridgehead atoms. The molecule has 0 saturated heterocycles. The molecule has 6 rings (SSSR count). The largest absolute Gasteiger partial charge is 0.318 e. The molecule has 3 aromatic heterocycles. The van der Waals surface area contributed by atoms with Gasteiger partial charge in [-0.15, -0.1) is 0 Å². The van der Waals surface area contributed by atoms with Crippen molar-refractivity contribution >= 4 is 45.1 Å². The smallest absolute Gasteiger partial charge is 0.175 e. The zero-order valence-corrected chi connectivity index (χ0v) is 20.6. The van der Waals surface area contributed by atoms with Crippen molar-refractivity contribution in [3.8, 4) is 5.69 Å². The van der Waals surface area contributed by atoms with Gasteiger partial charge in [0.15, 0.2) is 10.9 Å². The summed E-state index contributed by atoms with van der Waals surface area (Å²) in [5, 5.41) is 1.77. The lowest BCUT2D eigenvalue weighted by atomic mass is 10.2. The maximum absolute atomic E-state index is 13.4. The van der Waals surface area contributed by atoms with Gasteiger partial charge in [-0.1, -0.05) is 53.7 Å². The Morgan fingerprint density at radius 1 is 0.857 bits per heavy atom. The van der Waals surface area contributed by atoms with Crippen LogP contribution in [0, 0.1) is 20.8 Å². The summed E-state index contributed by atoms with van der Waals surface area (Å²) < 4.78 is 4.22. The molecular formula is C29H24N4OS. The van der Waals surface area contributed by atoms with Gasteiger partial charge in [-0.05, 0) is 63.2 Å². The summed E-state index contributed by atoms with van der Waals surface area (Å²) >= 11 is 1.46. The van der Waals surface area contributed by atoms with E-state index in [1.807, 2.05) is 68.4 Å². The summed E-state index contributed by atoms with van der Waals surface area (Å²) in [5.41, 5.74) is 8.70. The number of nitrogens with zero attached hydrogens (tertiary/aromatic N) is 4. The van der Waals surface area contributed by atoms with Crippen molar-refractivity contribution < 1.29 is 4.79 Å². The van der Waals surface area contributed by atoms with Gasteiger partial charge in [0.1, 0.15) is 5.65 Å². The highest BCUT2D eigenvalue weighted by atomic mass is 32.2. The number of carbonyl (C=O) groups is 1. The van der Waals surface area contributed by atoms with Gasteiger partial charge in [-0.25, -0.2) is 9.97 Å². The summed E-state index contributed by atoms with van der Waals surface area (Å²) in [7, 11) is 0. The molecule has 0 atom stereocenters. The van der Waals surface area contributed by atoms with Crippen LogP contribution >= 0.6 is 11.8 Å². The van der Waals surface area contributed by atoms with E-state index in [4.69, 9.17) is 9.97 Å². The lowest BCUT2D eigenvalue weighted by molar-refractivity contribution is 0.102. The first-order valence-corrected chi connectivity index (χ1v) is 12.6. The van der Waals surface area contributed by atoms with Crippen LogP contribution in [0.4, 0.5) is 0 Å². The maximum Gasteiger partial charge on any atom is 0.175 e. The van der Waals surface area contributed by atoms with Crippen molar-refractivity contribution in [3.05, 3.63) is 101 Å². The number of aromatic nitrogens is 4. The molecule has 3 heterocycles. The molecule has 0 aliphatic heterocycles. The molecule has 3 aromatic carbocycles. The number of Topliss-reactive ketones (excluding diaryl/α,β-unsaturated/α-hetero) is 1. The number of aryl methyl sites for hydroxylation is 2. The van der Waals surface area contributed by atoms with Crippen LogP contribution in [0.3, 0.4) is 0 Å². The minimum Gasteiger partial charge on any atom is -0.318 e. The van der Waals surface area contributed by atoms with Crippen LogP contribution in [0.5, 0.6) is 0 Å². The van der Waals surface area contributed by atoms with Crippen LogP contribution in [0.25, 0.3) is 33.3 Å². The SMILES string of the molecule is Cc1ccc(-n2c(C)cc(C(=O)CSc3nc4ccccc4c4nc5ccccc5n34)c2C)cc1. The predicted octanol–water partition coefficient (Wildman–Crippen LogP) is 6.73. The monoisotopic (exact) mass is 476 g/mol. The third-order valence-corrected chi connectivity index (χ3v) is 7.41. The number of hydrogen-bond donors (Lipinski definition) is 0. The molecule has 0 unspecified atom stereocenters. The van der Waals surface area contributed by atoms with Crippen LogP contribution in [0.1, 0.15) is 27.3 Å². The second kappa shape index (κ2) is 8.40. The number of fused-ring (bicyclic) bond motifs is 5. The number of carbonyl (C=O) groups excluding carboxylic acids is 1. The molecule has 0 N–H and O–H groups in total. The first kappa shape index (κ1) is 21.6. The molecular weight excluding hydrogens is 452 g/mol. The fraction of sp³-hybridized carbons (Fsp3) is 0.138. The van der Waals surface area contributed by atoms with Crippen LogP contribution in [0.15, 0.2) is 84.0 Å². The molecule has 6 aromatic rings. The van der Waals surface area contributed by atoms with Crippen molar-refractivity contribution in [2.75, 3.05) is 5.75 Å². The fourth-order valence-electron chi connectivity index (χ4n) is 4.75. The van der Waals surface area contributed by atoms with Gasteiger partial charge < -0.3 is 4.57 Å². The van der Waals surface area contributed by atoms with E-state index >= 15 is 0 Å². The molecule has 0 saturated carbocycles.